The molecule has 1 heterocycles. The highest BCUT2D eigenvalue weighted by Crippen LogP contribution is 2.47. The van der Waals surface area contributed by atoms with Crippen molar-refractivity contribution in [3.63, 3.8) is 0 Å². The van der Waals surface area contributed by atoms with Gasteiger partial charge in [-0.25, -0.2) is 9.59 Å². The number of fused-ring (bicyclic) bond motifs is 2. The lowest BCUT2D eigenvalue weighted by atomic mass is 9.80. The van der Waals surface area contributed by atoms with Crippen LogP contribution >= 0.6 is 11.6 Å². The number of rotatable bonds is 6. The molecule has 0 saturated heterocycles. The molecule has 0 radical (unpaired) electrons. The highest BCUT2D eigenvalue weighted by atomic mass is 35.5. The fraction of sp³-hybridized carbons (Fsp3) is 0.138. The van der Waals surface area contributed by atoms with E-state index in [1.165, 1.54) is 19.2 Å². The van der Waals surface area contributed by atoms with Gasteiger partial charge in [0.2, 0.25) is 0 Å². The summed E-state index contributed by atoms with van der Waals surface area (Å²) in [6.45, 7) is 1.96. The molecule has 3 aromatic rings. The molecule has 3 aromatic carbocycles. The lowest BCUT2D eigenvalue weighted by molar-refractivity contribution is -0.136. The maximum atomic E-state index is 13.5. The van der Waals surface area contributed by atoms with Crippen molar-refractivity contribution >= 4 is 35.0 Å². The smallest absolute Gasteiger partial charge is 0.336 e. The molecule has 186 valence electrons. The van der Waals surface area contributed by atoms with E-state index in [9.17, 15) is 14.4 Å². The summed E-state index contributed by atoms with van der Waals surface area (Å²) in [6.07, 6.45) is 0. The largest absolute Gasteiger partial charge is 0.487 e. The predicted molar refractivity (Wildman–Crippen MR) is 137 cm³/mol. The average molecular weight is 516 g/mol. The van der Waals surface area contributed by atoms with Gasteiger partial charge >= 0.3 is 11.9 Å². The third-order valence-corrected chi connectivity index (χ3v) is 6.83. The summed E-state index contributed by atoms with van der Waals surface area (Å²) in [6, 6.07) is 18.9. The van der Waals surface area contributed by atoms with E-state index in [1.54, 1.807) is 43.3 Å². The first-order chi connectivity index (χ1) is 17.8. The van der Waals surface area contributed by atoms with E-state index in [2.05, 4.69) is 5.32 Å². The minimum absolute atomic E-state index is 0.154. The third kappa shape index (κ3) is 4.27. The van der Waals surface area contributed by atoms with E-state index < -0.39 is 17.9 Å². The first-order valence-electron chi connectivity index (χ1n) is 11.5. The van der Waals surface area contributed by atoms with Gasteiger partial charge in [-0.05, 0) is 42.3 Å². The SMILES string of the molecule is COC(=O)C1=C(C)NC2=C(C(=O)c3ccccc32)C1c1ccc(OCc2ccc(C(=O)O)cc2)c(Cl)c1. The number of halogens is 1. The fourth-order valence-corrected chi connectivity index (χ4v) is 5.00. The van der Waals surface area contributed by atoms with Crippen molar-refractivity contribution in [1.29, 1.82) is 0 Å². The highest BCUT2D eigenvalue weighted by Gasteiger charge is 2.42. The highest BCUT2D eigenvalue weighted by molar-refractivity contribution is 6.32. The Kier molecular flexibility index (Phi) is 6.31. The van der Waals surface area contributed by atoms with Crippen LogP contribution in [0.4, 0.5) is 0 Å². The number of ketones is 1. The summed E-state index contributed by atoms with van der Waals surface area (Å²) in [5, 5.41) is 12.6. The van der Waals surface area contributed by atoms with Gasteiger partial charge in [0.25, 0.3) is 0 Å². The molecule has 8 heteroatoms. The number of allylic oxidation sites excluding steroid dienone is 2. The van der Waals surface area contributed by atoms with E-state index in [4.69, 9.17) is 26.2 Å². The van der Waals surface area contributed by atoms with Gasteiger partial charge in [0.15, 0.2) is 5.78 Å². The Bertz CT molecular complexity index is 1520. The predicted octanol–water partition coefficient (Wildman–Crippen LogP) is 5.36. The quantitative estimate of drug-likeness (QED) is 0.426. The zero-order valence-electron chi connectivity index (χ0n) is 20.0. The normalized spacial score (nSPS) is 16.2. The summed E-state index contributed by atoms with van der Waals surface area (Å²) in [7, 11) is 1.31. The van der Waals surface area contributed by atoms with Crippen LogP contribution in [-0.2, 0) is 16.1 Å². The number of carbonyl (C=O) groups excluding carboxylic acids is 2. The number of ether oxygens (including phenoxy) is 2. The third-order valence-electron chi connectivity index (χ3n) is 6.54. The Morgan fingerprint density at radius 1 is 1.03 bits per heavy atom. The van der Waals surface area contributed by atoms with Gasteiger partial charge in [-0.2, -0.15) is 0 Å². The molecular weight excluding hydrogens is 494 g/mol. The molecule has 0 amide bonds. The first kappa shape index (κ1) is 24.3. The minimum Gasteiger partial charge on any atom is -0.487 e. The zero-order valence-corrected chi connectivity index (χ0v) is 20.8. The molecule has 1 unspecified atom stereocenters. The van der Waals surface area contributed by atoms with Gasteiger partial charge in [-0.3, -0.25) is 4.79 Å². The number of carboxylic acid groups (broad SMARTS) is 1. The Hall–Kier alpha value is -4.36. The molecule has 0 fully saturated rings. The number of hydrogen-bond donors (Lipinski definition) is 2. The van der Waals surface area contributed by atoms with Gasteiger partial charge in [-0.1, -0.05) is 54.1 Å². The zero-order chi connectivity index (χ0) is 26.3. The maximum absolute atomic E-state index is 13.5. The molecular formula is C29H22ClNO6. The number of carboxylic acids is 1. The van der Waals surface area contributed by atoms with Crippen LogP contribution in [0.2, 0.25) is 5.02 Å². The van der Waals surface area contributed by atoms with Crippen molar-refractivity contribution < 1.29 is 29.0 Å². The molecule has 5 rings (SSSR count). The number of aromatic carboxylic acids is 1. The van der Waals surface area contributed by atoms with Crippen LogP contribution in [0.25, 0.3) is 5.70 Å². The topological polar surface area (TPSA) is 102 Å². The molecule has 0 saturated carbocycles. The number of hydrogen-bond acceptors (Lipinski definition) is 6. The van der Waals surface area contributed by atoms with Gasteiger partial charge in [0, 0.05) is 28.3 Å². The van der Waals surface area contributed by atoms with Crippen LogP contribution in [0.1, 0.15) is 50.2 Å². The number of esters is 1. The number of benzene rings is 3. The van der Waals surface area contributed by atoms with E-state index in [0.717, 1.165) is 11.1 Å². The van der Waals surface area contributed by atoms with Crippen molar-refractivity contribution in [3.05, 3.63) is 116 Å². The molecule has 1 aliphatic heterocycles. The maximum Gasteiger partial charge on any atom is 0.336 e. The van der Waals surface area contributed by atoms with E-state index in [0.29, 0.717) is 44.4 Å². The van der Waals surface area contributed by atoms with Gasteiger partial charge in [0.05, 0.1) is 29.0 Å². The molecule has 2 aliphatic rings. The van der Waals surface area contributed by atoms with Crippen LogP contribution in [0, 0.1) is 0 Å². The Labute approximate surface area is 218 Å². The van der Waals surface area contributed by atoms with E-state index >= 15 is 0 Å². The van der Waals surface area contributed by atoms with Crippen molar-refractivity contribution in [1.82, 2.24) is 5.32 Å². The number of dihydropyridines is 1. The second-order valence-electron chi connectivity index (χ2n) is 8.73. The first-order valence-corrected chi connectivity index (χ1v) is 11.9. The lowest BCUT2D eigenvalue weighted by Crippen LogP contribution is -2.29. The second kappa shape index (κ2) is 9.59. The van der Waals surface area contributed by atoms with E-state index in [-0.39, 0.29) is 18.0 Å². The minimum atomic E-state index is -0.998. The summed E-state index contributed by atoms with van der Waals surface area (Å²) in [5.74, 6) is -1.96. The Morgan fingerprint density at radius 3 is 2.38 bits per heavy atom. The fourth-order valence-electron chi connectivity index (χ4n) is 4.76. The van der Waals surface area contributed by atoms with Gasteiger partial charge < -0.3 is 19.9 Å². The van der Waals surface area contributed by atoms with Crippen LogP contribution in [0.3, 0.4) is 0 Å². The summed E-state index contributed by atoms with van der Waals surface area (Å²) < 4.78 is 10.9. The van der Waals surface area contributed by atoms with Crippen molar-refractivity contribution in [2.45, 2.75) is 19.4 Å². The Morgan fingerprint density at radius 2 is 1.73 bits per heavy atom. The number of methoxy groups -OCH3 is 1. The molecule has 1 aliphatic carbocycles. The van der Waals surface area contributed by atoms with Crippen molar-refractivity contribution in [3.8, 4) is 5.75 Å². The molecule has 0 spiro atoms. The van der Waals surface area contributed by atoms with Crippen LogP contribution < -0.4 is 10.1 Å². The molecule has 1 atom stereocenters. The lowest BCUT2D eigenvalue weighted by Gasteiger charge is -2.29. The molecule has 0 bridgehead atoms. The number of carbonyl (C=O) groups is 3. The molecule has 0 aromatic heterocycles. The molecule has 2 N–H and O–H groups in total. The molecule has 37 heavy (non-hydrogen) atoms. The Balaban J connectivity index is 1.49. The van der Waals surface area contributed by atoms with Crippen LogP contribution in [0.15, 0.2) is 83.6 Å². The van der Waals surface area contributed by atoms with Crippen molar-refractivity contribution in [2.75, 3.05) is 7.11 Å². The average Bonchev–Trinajstić information content (AvgIpc) is 3.18. The summed E-state index contributed by atoms with van der Waals surface area (Å²) >= 11 is 6.60. The monoisotopic (exact) mass is 515 g/mol. The molecule has 7 nitrogen and oxygen atoms in total. The summed E-state index contributed by atoms with van der Waals surface area (Å²) in [5.41, 5.74) is 5.06. The van der Waals surface area contributed by atoms with Crippen molar-refractivity contribution in [2.24, 2.45) is 0 Å². The van der Waals surface area contributed by atoms with Gasteiger partial charge in [-0.15, -0.1) is 0 Å². The second-order valence-corrected chi connectivity index (χ2v) is 9.14. The van der Waals surface area contributed by atoms with Crippen LogP contribution in [-0.4, -0.2) is 29.9 Å². The number of nitrogens with one attached hydrogen (secondary N) is 1. The van der Waals surface area contributed by atoms with Gasteiger partial charge in [0.1, 0.15) is 12.4 Å². The number of Topliss-reactive ketones (excluding diaryl/α,β-unsaturated/α-hetero) is 1. The van der Waals surface area contributed by atoms with Crippen LogP contribution in [0.5, 0.6) is 5.75 Å². The summed E-state index contributed by atoms with van der Waals surface area (Å²) in [4.78, 5) is 37.4. The standard InChI is InChI=1S/C29H22ClNO6/c1-15-23(29(35)36-2)24(25-26(31-15)19-5-3-4-6-20(19)27(25)32)18-11-12-22(21(30)13-18)37-14-16-7-9-17(10-8-16)28(33)34/h3-13,24,31H,14H2,1-2H3,(H,33,34). The van der Waals surface area contributed by atoms with E-state index in [1.807, 2.05) is 18.2 Å².